The highest BCUT2D eigenvalue weighted by atomic mass is 32.1. The van der Waals surface area contributed by atoms with Gasteiger partial charge in [0, 0.05) is 18.5 Å². The zero-order valence-electron chi connectivity index (χ0n) is 12.2. The quantitative estimate of drug-likeness (QED) is 0.947. The molecule has 0 aliphatic carbocycles. The minimum absolute atomic E-state index is 0.111. The molecule has 0 unspecified atom stereocenters. The van der Waals surface area contributed by atoms with Crippen molar-refractivity contribution in [2.75, 3.05) is 23.3 Å². The number of amides is 1. The van der Waals surface area contributed by atoms with E-state index in [1.165, 1.54) is 24.2 Å². The molecule has 2 aromatic rings. The molecule has 0 aromatic carbocycles. The summed E-state index contributed by atoms with van der Waals surface area (Å²) in [6, 6.07) is 1.81. The van der Waals surface area contributed by atoms with Gasteiger partial charge in [-0.25, -0.2) is 9.97 Å². The summed E-state index contributed by atoms with van der Waals surface area (Å²) in [5, 5.41) is 6.65. The number of aromatic nitrogens is 2. The SMILES string of the molecule is Cc1nc(N2CCCC2)nc(C)c1NC(=O)c1ccsc1. The Kier molecular flexibility index (Phi) is 3.88. The number of rotatable bonds is 3. The van der Waals surface area contributed by atoms with E-state index >= 15 is 0 Å². The maximum atomic E-state index is 12.2. The Labute approximate surface area is 128 Å². The Balaban J connectivity index is 1.84. The van der Waals surface area contributed by atoms with Gasteiger partial charge < -0.3 is 10.2 Å². The minimum Gasteiger partial charge on any atom is -0.341 e. The van der Waals surface area contributed by atoms with E-state index in [2.05, 4.69) is 20.2 Å². The first-order valence-electron chi connectivity index (χ1n) is 7.09. The van der Waals surface area contributed by atoms with Crippen LogP contribution in [0.1, 0.15) is 34.6 Å². The van der Waals surface area contributed by atoms with E-state index in [-0.39, 0.29) is 5.91 Å². The van der Waals surface area contributed by atoms with E-state index in [0.717, 1.165) is 30.4 Å². The third kappa shape index (κ3) is 2.90. The second-order valence-electron chi connectivity index (χ2n) is 5.23. The van der Waals surface area contributed by atoms with Gasteiger partial charge in [0.25, 0.3) is 5.91 Å². The molecule has 1 N–H and O–H groups in total. The number of aryl methyl sites for hydroxylation is 2. The molecular weight excluding hydrogens is 284 g/mol. The molecule has 21 heavy (non-hydrogen) atoms. The maximum Gasteiger partial charge on any atom is 0.256 e. The van der Waals surface area contributed by atoms with Crippen molar-refractivity contribution >= 4 is 28.9 Å². The number of nitrogens with zero attached hydrogens (tertiary/aromatic N) is 3. The third-order valence-electron chi connectivity index (χ3n) is 3.67. The van der Waals surface area contributed by atoms with Crippen LogP contribution in [-0.2, 0) is 0 Å². The lowest BCUT2D eigenvalue weighted by Crippen LogP contribution is -2.22. The summed E-state index contributed by atoms with van der Waals surface area (Å²) in [6.45, 7) is 5.86. The van der Waals surface area contributed by atoms with Gasteiger partial charge >= 0.3 is 0 Å². The fourth-order valence-electron chi connectivity index (χ4n) is 2.52. The third-order valence-corrected chi connectivity index (χ3v) is 4.35. The molecule has 1 aliphatic rings. The second kappa shape index (κ2) is 5.81. The lowest BCUT2D eigenvalue weighted by molar-refractivity contribution is 0.102. The summed E-state index contributed by atoms with van der Waals surface area (Å²) in [5.41, 5.74) is 3.01. The molecule has 2 aromatic heterocycles. The van der Waals surface area contributed by atoms with Crippen molar-refractivity contribution in [2.24, 2.45) is 0 Å². The van der Waals surface area contributed by atoms with Gasteiger partial charge in [-0.05, 0) is 38.1 Å². The molecule has 3 heterocycles. The van der Waals surface area contributed by atoms with Crippen LogP contribution in [0.5, 0.6) is 0 Å². The van der Waals surface area contributed by atoms with Crippen molar-refractivity contribution in [3.63, 3.8) is 0 Å². The average Bonchev–Trinajstić information content (AvgIpc) is 3.14. The van der Waals surface area contributed by atoms with Crippen molar-refractivity contribution in [2.45, 2.75) is 26.7 Å². The highest BCUT2D eigenvalue weighted by Gasteiger charge is 2.18. The van der Waals surface area contributed by atoms with Crippen molar-refractivity contribution in [3.05, 3.63) is 33.8 Å². The fourth-order valence-corrected chi connectivity index (χ4v) is 3.15. The molecule has 1 amide bonds. The first kappa shape index (κ1) is 14.0. The van der Waals surface area contributed by atoms with E-state index in [4.69, 9.17) is 0 Å². The molecule has 0 spiro atoms. The first-order valence-corrected chi connectivity index (χ1v) is 8.03. The smallest absolute Gasteiger partial charge is 0.256 e. The Bertz CT molecular complexity index is 625. The van der Waals surface area contributed by atoms with Gasteiger partial charge in [0.2, 0.25) is 5.95 Å². The summed E-state index contributed by atoms with van der Waals surface area (Å²) < 4.78 is 0. The van der Waals surface area contributed by atoms with Crippen LogP contribution in [0.3, 0.4) is 0 Å². The fraction of sp³-hybridized carbons (Fsp3) is 0.400. The molecule has 110 valence electrons. The number of carbonyl (C=O) groups excluding carboxylic acids is 1. The molecule has 0 saturated carbocycles. The standard InChI is InChI=1S/C15H18N4OS/c1-10-13(18-14(20)12-5-8-21-9-12)11(2)17-15(16-10)19-6-3-4-7-19/h5,8-9H,3-4,6-7H2,1-2H3,(H,18,20). The lowest BCUT2D eigenvalue weighted by Gasteiger charge is -2.18. The van der Waals surface area contributed by atoms with Crippen LogP contribution in [0.25, 0.3) is 0 Å². The van der Waals surface area contributed by atoms with Crippen molar-refractivity contribution in [3.8, 4) is 0 Å². The topological polar surface area (TPSA) is 58.1 Å². The molecule has 3 rings (SSSR count). The normalized spacial score (nSPS) is 14.5. The van der Waals surface area contributed by atoms with E-state index in [9.17, 15) is 4.79 Å². The summed E-state index contributed by atoms with van der Waals surface area (Å²) in [4.78, 5) is 23.5. The van der Waals surface area contributed by atoms with Gasteiger partial charge in [0.05, 0.1) is 22.6 Å². The average molecular weight is 302 g/mol. The molecule has 5 nitrogen and oxygen atoms in total. The Morgan fingerprint density at radius 1 is 1.24 bits per heavy atom. The van der Waals surface area contributed by atoms with Crippen molar-refractivity contribution < 1.29 is 4.79 Å². The number of hydrogen-bond donors (Lipinski definition) is 1. The summed E-state index contributed by atoms with van der Waals surface area (Å²) in [7, 11) is 0. The van der Waals surface area contributed by atoms with Crippen LogP contribution in [0.15, 0.2) is 16.8 Å². The monoisotopic (exact) mass is 302 g/mol. The molecule has 0 radical (unpaired) electrons. The minimum atomic E-state index is -0.111. The summed E-state index contributed by atoms with van der Waals surface area (Å²) >= 11 is 1.51. The molecule has 6 heteroatoms. The largest absolute Gasteiger partial charge is 0.341 e. The molecule has 0 atom stereocenters. The molecule has 1 fully saturated rings. The Hall–Kier alpha value is -1.95. The van der Waals surface area contributed by atoms with Crippen LogP contribution >= 0.6 is 11.3 Å². The van der Waals surface area contributed by atoms with Gasteiger partial charge in [0.15, 0.2) is 0 Å². The summed E-state index contributed by atoms with van der Waals surface area (Å²) in [5.74, 6) is 0.663. The van der Waals surface area contributed by atoms with Gasteiger partial charge in [-0.3, -0.25) is 4.79 Å². The van der Waals surface area contributed by atoms with Crippen molar-refractivity contribution in [1.82, 2.24) is 9.97 Å². The maximum absolute atomic E-state index is 12.2. The van der Waals surface area contributed by atoms with E-state index in [1.54, 1.807) is 0 Å². The highest BCUT2D eigenvalue weighted by molar-refractivity contribution is 7.08. The van der Waals surface area contributed by atoms with Crippen LogP contribution in [0.2, 0.25) is 0 Å². The zero-order chi connectivity index (χ0) is 14.8. The molecule has 1 saturated heterocycles. The molecule has 1 aliphatic heterocycles. The van der Waals surface area contributed by atoms with E-state index in [1.807, 2.05) is 30.7 Å². The van der Waals surface area contributed by atoms with Gasteiger partial charge in [-0.2, -0.15) is 11.3 Å². The van der Waals surface area contributed by atoms with Gasteiger partial charge in [-0.1, -0.05) is 0 Å². The Morgan fingerprint density at radius 3 is 2.48 bits per heavy atom. The zero-order valence-corrected chi connectivity index (χ0v) is 13.0. The van der Waals surface area contributed by atoms with E-state index in [0.29, 0.717) is 11.3 Å². The second-order valence-corrected chi connectivity index (χ2v) is 6.01. The number of hydrogen-bond acceptors (Lipinski definition) is 5. The van der Waals surface area contributed by atoms with E-state index < -0.39 is 0 Å². The summed E-state index contributed by atoms with van der Waals surface area (Å²) in [6.07, 6.45) is 2.39. The molecule has 0 bridgehead atoms. The first-order chi connectivity index (χ1) is 10.1. The highest BCUT2D eigenvalue weighted by Crippen LogP contribution is 2.23. The number of thiophene rings is 1. The van der Waals surface area contributed by atoms with Crippen LogP contribution in [0, 0.1) is 13.8 Å². The number of carbonyl (C=O) groups is 1. The van der Waals surface area contributed by atoms with Crippen molar-refractivity contribution in [1.29, 1.82) is 0 Å². The van der Waals surface area contributed by atoms with Gasteiger partial charge in [-0.15, -0.1) is 0 Å². The lowest BCUT2D eigenvalue weighted by atomic mass is 10.2. The number of nitrogens with one attached hydrogen (secondary N) is 1. The number of anilines is 2. The van der Waals surface area contributed by atoms with Crippen LogP contribution in [-0.4, -0.2) is 29.0 Å². The van der Waals surface area contributed by atoms with Crippen LogP contribution < -0.4 is 10.2 Å². The predicted octanol–water partition coefficient (Wildman–Crippen LogP) is 3.01. The Morgan fingerprint density at radius 2 is 1.90 bits per heavy atom. The van der Waals surface area contributed by atoms with Crippen LogP contribution in [0.4, 0.5) is 11.6 Å². The van der Waals surface area contributed by atoms with Gasteiger partial charge in [0.1, 0.15) is 0 Å². The predicted molar refractivity (Wildman–Crippen MR) is 85.2 cm³/mol. The molecular formula is C15H18N4OS.